The summed E-state index contributed by atoms with van der Waals surface area (Å²) in [5.41, 5.74) is 5.26. The molecule has 15 heavy (non-hydrogen) atoms. The minimum Gasteiger partial charge on any atom is -0.378 e. The van der Waals surface area contributed by atoms with Gasteiger partial charge < -0.3 is 25.3 Å². The molecule has 0 fully saturated rings. The van der Waals surface area contributed by atoms with Gasteiger partial charge in [-0.2, -0.15) is 0 Å². The van der Waals surface area contributed by atoms with Crippen LogP contribution in [0.1, 0.15) is 6.92 Å². The van der Waals surface area contributed by atoms with Crippen LogP contribution < -0.4 is 11.1 Å². The normalized spacial score (nSPS) is 10.8. The predicted octanol–water partition coefficient (Wildman–Crippen LogP) is -0.396. The minimum atomic E-state index is 0.563. The van der Waals surface area contributed by atoms with E-state index in [1.54, 1.807) is 0 Å². The molecular formula is C10H24N2O3. The van der Waals surface area contributed by atoms with Crippen LogP contribution in [0.5, 0.6) is 0 Å². The number of ether oxygens (including phenoxy) is 3. The summed E-state index contributed by atoms with van der Waals surface area (Å²) in [5.74, 6) is 0. The number of rotatable bonds is 12. The van der Waals surface area contributed by atoms with Gasteiger partial charge in [-0.1, -0.05) is 6.92 Å². The summed E-state index contributed by atoms with van der Waals surface area (Å²) >= 11 is 0. The van der Waals surface area contributed by atoms with E-state index in [4.69, 9.17) is 19.9 Å². The van der Waals surface area contributed by atoms with E-state index >= 15 is 0 Å². The molecule has 0 aromatic rings. The predicted molar refractivity (Wildman–Crippen MR) is 60.1 cm³/mol. The highest BCUT2D eigenvalue weighted by Gasteiger charge is 1.90. The molecule has 0 bridgehead atoms. The van der Waals surface area contributed by atoms with Crippen LogP contribution in [-0.2, 0) is 14.2 Å². The van der Waals surface area contributed by atoms with Crippen molar-refractivity contribution >= 4 is 0 Å². The molecule has 0 saturated heterocycles. The lowest BCUT2D eigenvalue weighted by Gasteiger charge is -2.06. The minimum absolute atomic E-state index is 0.563. The lowest BCUT2D eigenvalue weighted by molar-refractivity contribution is 0.0166. The third-order valence-corrected chi connectivity index (χ3v) is 1.68. The first kappa shape index (κ1) is 14.8. The second-order valence-corrected chi connectivity index (χ2v) is 2.98. The third kappa shape index (κ3) is 13.8. The number of likely N-dealkylation sites (N-methyl/N-ethyl adjacent to an activating group) is 1. The molecule has 0 spiro atoms. The van der Waals surface area contributed by atoms with E-state index in [0.29, 0.717) is 39.6 Å². The standard InChI is InChI=1S/C10H24N2O3/c1-2-12-4-6-14-8-10-15-9-7-13-5-3-11/h12H,2-11H2,1H3. The van der Waals surface area contributed by atoms with Gasteiger partial charge in [0.25, 0.3) is 0 Å². The van der Waals surface area contributed by atoms with Crippen LogP contribution in [0.2, 0.25) is 0 Å². The molecule has 0 aromatic carbocycles. The van der Waals surface area contributed by atoms with E-state index in [1.165, 1.54) is 0 Å². The fourth-order valence-corrected chi connectivity index (χ4v) is 0.946. The van der Waals surface area contributed by atoms with E-state index in [-0.39, 0.29) is 0 Å². The second kappa shape index (κ2) is 13.8. The summed E-state index contributed by atoms with van der Waals surface area (Å²) in [5, 5.41) is 3.18. The summed E-state index contributed by atoms with van der Waals surface area (Å²) in [6, 6.07) is 0. The Kier molecular flexibility index (Phi) is 13.6. The Labute approximate surface area is 92.3 Å². The van der Waals surface area contributed by atoms with Crippen molar-refractivity contribution in [2.75, 3.05) is 59.3 Å². The lowest BCUT2D eigenvalue weighted by Crippen LogP contribution is -2.20. The van der Waals surface area contributed by atoms with Gasteiger partial charge in [0.15, 0.2) is 0 Å². The van der Waals surface area contributed by atoms with Crippen molar-refractivity contribution in [2.45, 2.75) is 6.92 Å². The van der Waals surface area contributed by atoms with Crippen molar-refractivity contribution < 1.29 is 14.2 Å². The van der Waals surface area contributed by atoms with Crippen molar-refractivity contribution in [1.29, 1.82) is 0 Å². The molecule has 5 heteroatoms. The number of nitrogens with one attached hydrogen (secondary N) is 1. The molecule has 0 rings (SSSR count). The summed E-state index contributed by atoms with van der Waals surface area (Å²) < 4.78 is 15.7. The summed E-state index contributed by atoms with van der Waals surface area (Å²) in [6.07, 6.45) is 0. The van der Waals surface area contributed by atoms with Crippen LogP contribution in [-0.4, -0.2) is 59.3 Å². The number of hydrogen-bond donors (Lipinski definition) is 2. The Morgan fingerprint density at radius 2 is 1.40 bits per heavy atom. The quantitative estimate of drug-likeness (QED) is 0.438. The SMILES string of the molecule is CCNCCOCCOCCOCCN. The van der Waals surface area contributed by atoms with Crippen molar-refractivity contribution in [3.05, 3.63) is 0 Å². The van der Waals surface area contributed by atoms with Crippen LogP contribution in [0.4, 0.5) is 0 Å². The van der Waals surface area contributed by atoms with Gasteiger partial charge >= 0.3 is 0 Å². The van der Waals surface area contributed by atoms with Gasteiger partial charge in [0.2, 0.25) is 0 Å². The molecule has 0 heterocycles. The molecule has 5 nitrogen and oxygen atoms in total. The fraction of sp³-hybridized carbons (Fsp3) is 1.00. The molecule has 0 atom stereocenters. The van der Waals surface area contributed by atoms with Crippen LogP contribution in [0.3, 0.4) is 0 Å². The zero-order valence-corrected chi connectivity index (χ0v) is 9.67. The second-order valence-electron chi connectivity index (χ2n) is 2.98. The zero-order chi connectivity index (χ0) is 11.2. The fourth-order valence-electron chi connectivity index (χ4n) is 0.946. The molecule has 0 amide bonds. The summed E-state index contributed by atoms with van der Waals surface area (Å²) in [6.45, 7) is 8.33. The van der Waals surface area contributed by atoms with E-state index < -0.39 is 0 Å². The van der Waals surface area contributed by atoms with Crippen LogP contribution in [0.15, 0.2) is 0 Å². The average Bonchev–Trinajstić information content (AvgIpc) is 2.26. The highest BCUT2D eigenvalue weighted by atomic mass is 16.5. The molecule has 0 aromatic heterocycles. The molecule has 3 N–H and O–H groups in total. The molecule has 0 radical (unpaired) electrons. The van der Waals surface area contributed by atoms with Gasteiger partial charge in [0.05, 0.1) is 39.6 Å². The molecular weight excluding hydrogens is 196 g/mol. The van der Waals surface area contributed by atoms with Crippen molar-refractivity contribution in [2.24, 2.45) is 5.73 Å². The maximum atomic E-state index is 5.32. The van der Waals surface area contributed by atoms with Crippen molar-refractivity contribution in [3.63, 3.8) is 0 Å². The van der Waals surface area contributed by atoms with Crippen LogP contribution in [0, 0.1) is 0 Å². The first-order valence-corrected chi connectivity index (χ1v) is 5.55. The van der Waals surface area contributed by atoms with Gasteiger partial charge in [-0.05, 0) is 6.54 Å². The van der Waals surface area contributed by atoms with Gasteiger partial charge in [-0.25, -0.2) is 0 Å². The topological polar surface area (TPSA) is 65.7 Å². The summed E-state index contributed by atoms with van der Waals surface area (Å²) in [7, 11) is 0. The third-order valence-electron chi connectivity index (χ3n) is 1.68. The Hall–Kier alpha value is -0.200. The van der Waals surface area contributed by atoms with Crippen LogP contribution in [0.25, 0.3) is 0 Å². The highest BCUT2D eigenvalue weighted by Crippen LogP contribution is 1.80. The number of nitrogens with two attached hydrogens (primary N) is 1. The maximum Gasteiger partial charge on any atom is 0.0701 e. The van der Waals surface area contributed by atoms with Crippen molar-refractivity contribution in [1.82, 2.24) is 5.32 Å². The number of hydrogen-bond acceptors (Lipinski definition) is 5. The van der Waals surface area contributed by atoms with E-state index in [1.807, 2.05) is 0 Å². The van der Waals surface area contributed by atoms with Gasteiger partial charge in [0, 0.05) is 13.1 Å². The van der Waals surface area contributed by atoms with Crippen molar-refractivity contribution in [3.8, 4) is 0 Å². The van der Waals surface area contributed by atoms with Gasteiger partial charge in [0.1, 0.15) is 0 Å². The Morgan fingerprint density at radius 3 is 1.93 bits per heavy atom. The molecule has 0 aliphatic heterocycles. The molecule has 0 saturated carbocycles. The maximum absolute atomic E-state index is 5.32. The smallest absolute Gasteiger partial charge is 0.0701 e. The molecule has 92 valence electrons. The van der Waals surface area contributed by atoms with Gasteiger partial charge in [-0.3, -0.25) is 0 Å². The largest absolute Gasteiger partial charge is 0.378 e. The van der Waals surface area contributed by atoms with E-state index in [0.717, 1.165) is 19.7 Å². The Morgan fingerprint density at radius 1 is 0.867 bits per heavy atom. The van der Waals surface area contributed by atoms with E-state index in [2.05, 4.69) is 12.2 Å². The first-order chi connectivity index (χ1) is 7.41. The zero-order valence-electron chi connectivity index (χ0n) is 9.67. The highest BCUT2D eigenvalue weighted by molar-refractivity contribution is 4.40. The first-order valence-electron chi connectivity index (χ1n) is 5.55. The van der Waals surface area contributed by atoms with E-state index in [9.17, 15) is 0 Å². The molecule has 0 unspecified atom stereocenters. The lowest BCUT2D eigenvalue weighted by atomic mass is 10.6. The Bertz CT molecular complexity index is 103. The summed E-state index contributed by atoms with van der Waals surface area (Å²) in [4.78, 5) is 0. The van der Waals surface area contributed by atoms with Crippen LogP contribution >= 0.6 is 0 Å². The average molecular weight is 220 g/mol. The Balaban J connectivity index is 2.81. The molecule has 0 aliphatic rings. The van der Waals surface area contributed by atoms with Gasteiger partial charge in [-0.15, -0.1) is 0 Å². The monoisotopic (exact) mass is 220 g/mol. The molecule has 0 aliphatic carbocycles.